The van der Waals surface area contributed by atoms with Crippen LogP contribution in [-0.4, -0.2) is 5.97 Å². The molecule has 0 saturated carbocycles. The monoisotopic (exact) mass is 378 g/mol. The number of allylic oxidation sites excluding steroid dienone is 1. The average Bonchev–Trinajstić information content (AvgIpc) is 2.68. The molecule has 138 valence electrons. The topological polar surface area (TPSA) is 26.3 Å². The predicted molar refractivity (Wildman–Crippen MR) is 89.5 cm³/mol. The molecule has 7 heteroatoms. The second-order valence-corrected chi connectivity index (χ2v) is 5.55. The van der Waals surface area contributed by atoms with Crippen LogP contribution in [0.2, 0.25) is 0 Å². The summed E-state index contributed by atoms with van der Waals surface area (Å²) in [6, 6.07) is 12.2. The molecule has 0 heterocycles. The molecule has 0 radical (unpaired) electrons. The third-order valence-corrected chi connectivity index (χ3v) is 3.93. The van der Waals surface area contributed by atoms with E-state index in [1.165, 1.54) is 13.0 Å². The first kappa shape index (κ1) is 18.6. The second kappa shape index (κ2) is 7.19. The standard InChI is InChI=1S/C20H11F5O2/c1-2-13(12-8-7-10-5-3-4-6-11(10)9-12)20(26)27-19-17(24)15(22)14(21)16(23)18(19)25/h2-9H,1H3. The van der Waals surface area contributed by atoms with Gasteiger partial charge in [0.1, 0.15) is 0 Å². The SMILES string of the molecule is CC=C(C(=O)Oc1c(F)c(F)c(F)c(F)c1F)c1ccc2ccccc2c1. The number of carbonyl (C=O) groups excluding carboxylic acids is 1. The van der Waals surface area contributed by atoms with Crippen LogP contribution in [0.5, 0.6) is 5.75 Å². The van der Waals surface area contributed by atoms with Gasteiger partial charge in [-0.3, -0.25) is 0 Å². The Kier molecular flexibility index (Phi) is 4.94. The fraction of sp³-hybridized carbons (Fsp3) is 0.0500. The number of rotatable bonds is 3. The molecule has 0 aliphatic carbocycles. The van der Waals surface area contributed by atoms with Gasteiger partial charge in [0, 0.05) is 0 Å². The van der Waals surface area contributed by atoms with E-state index >= 15 is 0 Å². The van der Waals surface area contributed by atoms with Gasteiger partial charge < -0.3 is 4.74 Å². The highest BCUT2D eigenvalue weighted by atomic mass is 19.2. The van der Waals surface area contributed by atoms with Crippen molar-refractivity contribution in [3.05, 3.63) is 83.2 Å². The Bertz CT molecular complexity index is 1060. The second-order valence-electron chi connectivity index (χ2n) is 5.55. The first-order chi connectivity index (χ1) is 12.8. The number of ether oxygens (including phenoxy) is 1. The summed E-state index contributed by atoms with van der Waals surface area (Å²) >= 11 is 0. The number of benzene rings is 3. The molecule has 0 aromatic heterocycles. The number of fused-ring (bicyclic) bond motifs is 1. The molecule has 3 aromatic rings. The maximum absolute atomic E-state index is 13.7. The van der Waals surface area contributed by atoms with Gasteiger partial charge in [0.15, 0.2) is 0 Å². The summed E-state index contributed by atoms with van der Waals surface area (Å²) in [4.78, 5) is 12.3. The minimum absolute atomic E-state index is 0.0929. The lowest BCUT2D eigenvalue weighted by molar-refractivity contribution is -0.128. The van der Waals surface area contributed by atoms with Crippen molar-refractivity contribution in [1.82, 2.24) is 0 Å². The summed E-state index contributed by atoms with van der Waals surface area (Å²) in [5.41, 5.74) is 0.273. The fourth-order valence-electron chi connectivity index (χ4n) is 2.58. The first-order valence-corrected chi connectivity index (χ1v) is 7.74. The van der Waals surface area contributed by atoms with E-state index in [4.69, 9.17) is 0 Å². The summed E-state index contributed by atoms with van der Waals surface area (Å²) in [7, 11) is 0. The summed E-state index contributed by atoms with van der Waals surface area (Å²) in [6.45, 7) is 1.48. The van der Waals surface area contributed by atoms with Crippen LogP contribution in [0.4, 0.5) is 22.0 Å². The molecule has 0 spiro atoms. The van der Waals surface area contributed by atoms with E-state index in [0.717, 1.165) is 10.8 Å². The normalized spacial score (nSPS) is 11.7. The molecule has 27 heavy (non-hydrogen) atoms. The maximum atomic E-state index is 13.7. The van der Waals surface area contributed by atoms with Crippen molar-refractivity contribution in [2.75, 3.05) is 0 Å². The van der Waals surface area contributed by atoms with Gasteiger partial charge in [-0.25, -0.2) is 18.0 Å². The summed E-state index contributed by atoms with van der Waals surface area (Å²) in [5, 5.41) is 1.68. The summed E-state index contributed by atoms with van der Waals surface area (Å²) < 4.78 is 71.6. The minimum atomic E-state index is -2.33. The number of esters is 1. The number of carbonyl (C=O) groups is 1. The van der Waals surface area contributed by atoms with Crippen LogP contribution in [0.25, 0.3) is 16.3 Å². The molecule has 0 aliphatic heterocycles. The van der Waals surface area contributed by atoms with Crippen LogP contribution in [0.3, 0.4) is 0 Å². The lowest BCUT2D eigenvalue weighted by Gasteiger charge is -2.11. The van der Waals surface area contributed by atoms with Gasteiger partial charge in [-0.2, -0.15) is 8.78 Å². The van der Waals surface area contributed by atoms with Crippen LogP contribution in [0.15, 0.2) is 48.5 Å². The van der Waals surface area contributed by atoms with E-state index in [1.807, 2.05) is 12.1 Å². The van der Waals surface area contributed by atoms with Crippen molar-refractivity contribution in [2.24, 2.45) is 0 Å². The molecule has 3 aromatic carbocycles. The highest BCUT2D eigenvalue weighted by molar-refractivity contribution is 6.17. The molecule has 0 atom stereocenters. The molecule has 3 rings (SSSR count). The van der Waals surface area contributed by atoms with E-state index < -0.39 is 40.8 Å². The van der Waals surface area contributed by atoms with Crippen molar-refractivity contribution in [2.45, 2.75) is 6.92 Å². The van der Waals surface area contributed by atoms with Gasteiger partial charge in [-0.1, -0.05) is 42.5 Å². The van der Waals surface area contributed by atoms with Crippen LogP contribution >= 0.6 is 0 Å². The van der Waals surface area contributed by atoms with Gasteiger partial charge in [0.2, 0.25) is 34.8 Å². The van der Waals surface area contributed by atoms with Crippen molar-refractivity contribution in [3.63, 3.8) is 0 Å². The Morgan fingerprint density at radius 2 is 1.37 bits per heavy atom. The smallest absolute Gasteiger partial charge is 0.344 e. The quantitative estimate of drug-likeness (QED) is 0.149. The zero-order chi connectivity index (χ0) is 19.7. The molecule has 2 nitrogen and oxygen atoms in total. The van der Waals surface area contributed by atoms with Crippen LogP contribution in [-0.2, 0) is 4.79 Å². The largest absolute Gasteiger partial charge is 0.416 e. The first-order valence-electron chi connectivity index (χ1n) is 7.74. The molecular formula is C20H11F5O2. The van der Waals surface area contributed by atoms with E-state index in [1.54, 1.807) is 30.3 Å². The van der Waals surface area contributed by atoms with Gasteiger partial charge in [0.05, 0.1) is 5.57 Å². The third-order valence-electron chi connectivity index (χ3n) is 3.93. The molecule has 0 unspecified atom stereocenters. The van der Waals surface area contributed by atoms with Crippen molar-refractivity contribution in [3.8, 4) is 5.75 Å². The van der Waals surface area contributed by atoms with Crippen LogP contribution in [0, 0.1) is 29.1 Å². The number of halogens is 5. The minimum Gasteiger partial charge on any atom is -0.416 e. The third kappa shape index (κ3) is 3.28. The Hall–Kier alpha value is -3.22. The van der Waals surface area contributed by atoms with E-state index in [9.17, 15) is 26.7 Å². The van der Waals surface area contributed by atoms with Crippen LogP contribution in [0.1, 0.15) is 12.5 Å². The van der Waals surface area contributed by atoms with Gasteiger partial charge in [-0.15, -0.1) is 0 Å². The lowest BCUT2D eigenvalue weighted by atomic mass is 10.0. The summed E-state index contributed by atoms with van der Waals surface area (Å²) in [6.07, 6.45) is 1.32. The maximum Gasteiger partial charge on any atom is 0.344 e. The molecule has 0 N–H and O–H groups in total. The Morgan fingerprint density at radius 1 is 0.815 bits per heavy atom. The Balaban J connectivity index is 1.99. The predicted octanol–water partition coefficient (Wildman–Crippen LogP) is 5.54. The van der Waals surface area contributed by atoms with Crippen molar-refractivity contribution in [1.29, 1.82) is 0 Å². The number of hydrogen-bond acceptors (Lipinski definition) is 2. The Morgan fingerprint density at radius 3 is 1.96 bits per heavy atom. The molecular weight excluding hydrogens is 367 g/mol. The van der Waals surface area contributed by atoms with E-state index in [-0.39, 0.29) is 5.57 Å². The molecule has 0 aliphatic rings. The molecule has 0 amide bonds. The zero-order valence-electron chi connectivity index (χ0n) is 13.8. The van der Waals surface area contributed by atoms with Crippen LogP contribution < -0.4 is 4.74 Å². The fourth-order valence-corrected chi connectivity index (χ4v) is 2.58. The zero-order valence-corrected chi connectivity index (χ0v) is 13.8. The lowest BCUT2D eigenvalue weighted by Crippen LogP contribution is -2.15. The summed E-state index contributed by atoms with van der Waals surface area (Å²) in [5.74, 6) is -14.0. The number of hydrogen-bond donors (Lipinski definition) is 0. The highest BCUT2D eigenvalue weighted by Gasteiger charge is 2.29. The van der Waals surface area contributed by atoms with Crippen molar-refractivity contribution >= 4 is 22.3 Å². The van der Waals surface area contributed by atoms with E-state index in [2.05, 4.69) is 4.74 Å². The molecule has 0 bridgehead atoms. The van der Waals surface area contributed by atoms with Crippen molar-refractivity contribution < 1.29 is 31.5 Å². The average molecular weight is 378 g/mol. The van der Waals surface area contributed by atoms with Gasteiger partial charge in [-0.05, 0) is 29.3 Å². The molecule has 0 saturated heterocycles. The van der Waals surface area contributed by atoms with Gasteiger partial charge >= 0.3 is 5.97 Å². The highest BCUT2D eigenvalue weighted by Crippen LogP contribution is 2.31. The Labute approximate surface area is 150 Å². The van der Waals surface area contributed by atoms with Gasteiger partial charge in [0.25, 0.3) is 0 Å². The van der Waals surface area contributed by atoms with E-state index in [0.29, 0.717) is 5.56 Å². The molecule has 0 fully saturated rings.